The lowest BCUT2D eigenvalue weighted by Gasteiger charge is -2.38. The maximum Gasteiger partial charge on any atom is 0.259 e. The number of carbonyl (C=O) groups is 2. The third-order valence-electron chi connectivity index (χ3n) is 5.10. The summed E-state index contributed by atoms with van der Waals surface area (Å²) in [6.45, 7) is 7.61. The molecule has 150 valence electrons. The molecule has 2 aromatic rings. The van der Waals surface area contributed by atoms with E-state index in [0.717, 1.165) is 17.7 Å². The van der Waals surface area contributed by atoms with Crippen LogP contribution in [0.2, 0.25) is 0 Å². The number of aromatic amines is 1. The van der Waals surface area contributed by atoms with Crippen molar-refractivity contribution < 1.29 is 14.3 Å². The molecular weight excluding hydrogens is 356 g/mol. The second kappa shape index (κ2) is 8.56. The van der Waals surface area contributed by atoms with Crippen LogP contribution in [0, 0.1) is 12.8 Å². The lowest BCUT2D eigenvalue weighted by atomic mass is 9.89. The molecule has 1 aromatic carbocycles. The zero-order valence-electron chi connectivity index (χ0n) is 16.8. The van der Waals surface area contributed by atoms with E-state index in [1.54, 1.807) is 6.92 Å². The maximum absolute atomic E-state index is 12.4. The number of ether oxygens (including phenoxy) is 1. The van der Waals surface area contributed by atoms with E-state index in [0.29, 0.717) is 23.6 Å². The van der Waals surface area contributed by atoms with Gasteiger partial charge in [0.25, 0.3) is 5.91 Å². The van der Waals surface area contributed by atoms with Gasteiger partial charge >= 0.3 is 0 Å². The molecule has 0 radical (unpaired) electrons. The molecule has 3 N–H and O–H groups in total. The summed E-state index contributed by atoms with van der Waals surface area (Å²) in [5, 5.41) is 12.6. The van der Waals surface area contributed by atoms with Crippen LogP contribution in [0.3, 0.4) is 0 Å². The average Bonchev–Trinajstić information content (AvgIpc) is 3.07. The van der Waals surface area contributed by atoms with Crippen molar-refractivity contribution in [2.45, 2.75) is 58.8 Å². The molecular formula is C21H28N4O3. The summed E-state index contributed by atoms with van der Waals surface area (Å²) < 4.78 is 6.32. The summed E-state index contributed by atoms with van der Waals surface area (Å²) in [7, 11) is 0. The van der Waals surface area contributed by atoms with Crippen molar-refractivity contribution in [3.8, 4) is 0 Å². The van der Waals surface area contributed by atoms with Crippen LogP contribution in [0.1, 0.15) is 61.3 Å². The van der Waals surface area contributed by atoms with Crippen LogP contribution in [-0.2, 0) is 9.53 Å². The van der Waals surface area contributed by atoms with Gasteiger partial charge in [-0.3, -0.25) is 14.7 Å². The number of hydrogen-bond donors (Lipinski definition) is 3. The van der Waals surface area contributed by atoms with Crippen LogP contribution in [0.15, 0.2) is 30.5 Å². The number of aryl methyl sites for hydroxylation is 1. The van der Waals surface area contributed by atoms with Crippen molar-refractivity contribution in [2.24, 2.45) is 5.92 Å². The van der Waals surface area contributed by atoms with Gasteiger partial charge in [-0.1, -0.05) is 26.0 Å². The Morgan fingerprint density at radius 3 is 2.71 bits per heavy atom. The summed E-state index contributed by atoms with van der Waals surface area (Å²) in [5.74, 6) is 0.125. The average molecular weight is 384 g/mol. The van der Waals surface area contributed by atoms with Crippen molar-refractivity contribution >= 4 is 17.5 Å². The molecule has 0 bridgehead atoms. The predicted octanol–water partition coefficient (Wildman–Crippen LogP) is 3.35. The van der Waals surface area contributed by atoms with E-state index in [-0.39, 0.29) is 30.1 Å². The Morgan fingerprint density at radius 1 is 1.29 bits per heavy atom. The molecule has 1 fully saturated rings. The first-order chi connectivity index (χ1) is 13.3. The fourth-order valence-electron chi connectivity index (χ4n) is 3.60. The number of aromatic nitrogens is 2. The van der Waals surface area contributed by atoms with E-state index in [2.05, 4.69) is 34.7 Å². The Labute approximate surface area is 165 Å². The third-order valence-corrected chi connectivity index (χ3v) is 5.10. The molecule has 28 heavy (non-hydrogen) atoms. The second-order valence-electron chi connectivity index (χ2n) is 7.76. The molecule has 7 heteroatoms. The SMILES string of the molecule is CC(=O)N[C@H]1C[C@@H](c2cccc(NC(=O)c3cn[nH]c3C)c2)O[C@@H](C(C)C)C1. The van der Waals surface area contributed by atoms with Gasteiger partial charge in [0.05, 0.1) is 24.0 Å². The summed E-state index contributed by atoms with van der Waals surface area (Å²) in [6.07, 6.45) is 2.97. The van der Waals surface area contributed by atoms with Gasteiger partial charge in [-0.25, -0.2) is 0 Å². The first kappa shape index (κ1) is 20.1. The molecule has 0 spiro atoms. The summed E-state index contributed by atoms with van der Waals surface area (Å²) >= 11 is 0. The number of nitrogens with one attached hydrogen (secondary N) is 3. The van der Waals surface area contributed by atoms with E-state index in [1.165, 1.54) is 6.20 Å². The third kappa shape index (κ3) is 4.78. The molecule has 3 rings (SSSR count). The van der Waals surface area contributed by atoms with Crippen LogP contribution in [0.25, 0.3) is 0 Å². The molecule has 1 aliphatic heterocycles. The molecule has 1 saturated heterocycles. The fraction of sp³-hybridized carbons (Fsp3) is 0.476. The zero-order chi connectivity index (χ0) is 20.3. The van der Waals surface area contributed by atoms with Gasteiger partial charge in [0.1, 0.15) is 0 Å². The number of nitrogens with zero attached hydrogens (tertiary/aromatic N) is 1. The van der Waals surface area contributed by atoms with Crippen LogP contribution in [-0.4, -0.2) is 34.2 Å². The highest BCUT2D eigenvalue weighted by Gasteiger charge is 2.32. The van der Waals surface area contributed by atoms with Crippen molar-refractivity contribution in [3.05, 3.63) is 47.3 Å². The van der Waals surface area contributed by atoms with Gasteiger partial charge in [-0.15, -0.1) is 0 Å². The first-order valence-electron chi connectivity index (χ1n) is 9.67. The number of hydrogen-bond acceptors (Lipinski definition) is 4. The van der Waals surface area contributed by atoms with Crippen molar-refractivity contribution in [1.29, 1.82) is 0 Å². The first-order valence-corrected chi connectivity index (χ1v) is 9.67. The number of H-pyrrole nitrogens is 1. The van der Waals surface area contributed by atoms with E-state index in [4.69, 9.17) is 4.74 Å². The Morgan fingerprint density at radius 2 is 2.07 bits per heavy atom. The highest BCUT2D eigenvalue weighted by molar-refractivity contribution is 6.04. The molecule has 2 heterocycles. The van der Waals surface area contributed by atoms with Crippen LogP contribution < -0.4 is 10.6 Å². The van der Waals surface area contributed by atoms with E-state index < -0.39 is 0 Å². The number of anilines is 1. The molecule has 0 aliphatic carbocycles. The smallest absolute Gasteiger partial charge is 0.259 e. The van der Waals surface area contributed by atoms with Crippen molar-refractivity contribution in [2.75, 3.05) is 5.32 Å². The highest BCUT2D eigenvalue weighted by Crippen LogP contribution is 2.35. The topological polar surface area (TPSA) is 96.1 Å². The van der Waals surface area contributed by atoms with Gasteiger partial charge in [0.2, 0.25) is 5.91 Å². The Hall–Kier alpha value is -2.67. The number of carbonyl (C=O) groups excluding carboxylic acids is 2. The van der Waals surface area contributed by atoms with Crippen molar-refractivity contribution in [1.82, 2.24) is 15.5 Å². The number of benzene rings is 1. The lowest BCUT2D eigenvalue weighted by Crippen LogP contribution is -2.43. The van der Waals surface area contributed by atoms with Crippen LogP contribution >= 0.6 is 0 Å². The van der Waals surface area contributed by atoms with E-state index in [1.807, 2.05) is 31.2 Å². The summed E-state index contributed by atoms with van der Waals surface area (Å²) in [4.78, 5) is 24.0. The predicted molar refractivity (Wildman–Crippen MR) is 107 cm³/mol. The standard InChI is InChI=1S/C21H28N4O3/c1-12(2)19-9-17(23-14(4)26)10-20(28-19)15-6-5-7-16(8-15)24-21(27)18-11-22-25-13(18)3/h5-8,11-12,17,19-20H,9-10H2,1-4H3,(H,22,25)(H,23,26)(H,24,27)/t17-,19-,20+/m1/s1. The lowest BCUT2D eigenvalue weighted by molar-refractivity contribution is -0.123. The zero-order valence-corrected chi connectivity index (χ0v) is 16.8. The van der Waals surface area contributed by atoms with Gasteiger partial charge < -0.3 is 15.4 Å². The number of rotatable bonds is 5. The minimum atomic E-state index is -0.204. The second-order valence-corrected chi connectivity index (χ2v) is 7.76. The van der Waals surface area contributed by atoms with Gasteiger partial charge in [0, 0.05) is 24.3 Å². The minimum Gasteiger partial charge on any atom is -0.370 e. The maximum atomic E-state index is 12.4. The van der Waals surface area contributed by atoms with Crippen LogP contribution in [0.5, 0.6) is 0 Å². The molecule has 0 saturated carbocycles. The number of amides is 2. The quantitative estimate of drug-likeness (QED) is 0.736. The van der Waals surface area contributed by atoms with Crippen LogP contribution in [0.4, 0.5) is 5.69 Å². The molecule has 0 unspecified atom stereocenters. The summed E-state index contributed by atoms with van der Waals surface area (Å²) in [6, 6.07) is 7.77. The molecule has 7 nitrogen and oxygen atoms in total. The Kier molecular flexibility index (Phi) is 6.14. The monoisotopic (exact) mass is 384 g/mol. The van der Waals surface area contributed by atoms with E-state index in [9.17, 15) is 9.59 Å². The largest absolute Gasteiger partial charge is 0.370 e. The van der Waals surface area contributed by atoms with Gasteiger partial charge in [-0.2, -0.15) is 5.10 Å². The molecule has 1 aliphatic rings. The van der Waals surface area contributed by atoms with Crippen molar-refractivity contribution in [3.63, 3.8) is 0 Å². The van der Waals surface area contributed by atoms with Gasteiger partial charge in [-0.05, 0) is 43.4 Å². The molecule has 2 amide bonds. The Bertz CT molecular complexity index is 846. The highest BCUT2D eigenvalue weighted by atomic mass is 16.5. The van der Waals surface area contributed by atoms with E-state index >= 15 is 0 Å². The molecule has 1 aromatic heterocycles. The normalized spacial score (nSPS) is 22.1. The molecule has 3 atom stereocenters. The minimum absolute atomic E-state index is 0.0235. The fourth-order valence-corrected chi connectivity index (χ4v) is 3.60. The summed E-state index contributed by atoms with van der Waals surface area (Å²) in [5.41, 5.74) is 2.93. The van der Waals surface area contributed by atoms with Gasteiger partial charge in [0.15, 0.2) is 0 Å². The Balaban J connectivity index is 1.76.